The Morgan fingerprint density at radius 2 is 1.73 bits per heavy atom. The smallest absolute Gasteiger partial charge is 0.337 e. The van der Waals surface area contributed by atoms with Gasteiger partial charge in [-0.25, -0.2) is 9.59 Å². The number of carboxylic acids is 2. The number of aromatic carboxylic acids is 2. The molecule has 0 bridgehead atoms. The second-order valence-corrected chi connectivity index (χ2v) is 3.62. The van der Waals surface area contributed by atoms with Gasteiger partial charge in [0.2, 0.25) is 0 Å². The normalized spacial score (nSPS) is 10.1. The molecule has 0 saturated heterocycles. The van der Waals surface area contributed by atoms with Gasteiger partial charge in [0, 0.05) is 0 Å². The van der Waals surface area contributed by atoms with E-state index in [4.69, 9.17) is 33.4 Å². The standard InChI is InChI=1S/C9H6Cl2O4/c1-3-4(8(12)13)2-5(10)7(11)6(3)9(14)15/h2H,1H3,(H,12,13)(H,14,15). The van der Waals surface area contributed by atoms with Gasteiger partial charge < -0.3 is 10.2 Å². The highest BCUT2D eigenvalue weighted by Crippen LogP contribution is 2.31. The molecule has 6 heteroatoms. The van der Waals surface area contributed by atoms with Crippen molar-refractivity contribution in [3.8, 4) is 0 Å². The van der Waals surface area contributed by atoms with Crippen molar-refractivity contribution in [2.45, 2.75) is 6.92 Å². The number of halogens is 2. The molecule has 4 nitrogen and oxygen atoms in total. The van der Waals surface area contributed by atoms with E-state index in [0.29, 0.717) is 0 Å². The predicted octanol–water partition coefficient (Wildman–Crippen LogP) is 2.70. The number of benzene rings is 1. The van der Waals surface area contributed by atoms with Gasteiger partial charge in [0.25, 0.3) is 0 Å². The summed E-state index contributed by atoms with van der Waals surface area (Å²) in [5, 5.41) is 17.4. The summed E-state index contributed by atoms with van der Waals surface area (Å²) in [6, 6.07) is 1.13. The van der Waals surface area contributed by atoms with Crippen molar-refractivity contribution in [3.05, 3.63) is 32.8 Å². The van der Waals surface area contributed by atoms with Gasteiger partial charge in [-0.15, -0.1) is 0 Å². The zero-order valence-electron chi connectivity index (χ0n) is 7.54. The van der Waals surface area contributed by atoms with Crippen molar-refractivity contribution in [1.82, 2.24) is 0 Å². The van der Waals surface area contributed by atoms with E-state index in [0.717, 1.165) is 6.07 Å². The van der Waals surface area contributed by atoms with Crippen molar-refractivity contribution in [3.63, 3.8) is 0 Å². The van der Waals surface area contributed by atoms with Crippen LogP contribution in [0.2, 0.25) is 10.0 Å². The Morgan fingerprint density at radius 1 is 1.20 bits per heavy atom. The van der Waals surface area contributed by atoms with Crippen molar-refractivity contribution in [2.75, 3.05) is 0 Å². The highest BCUT2D eigenvalue weighted by Gasteiger charge is 2.21. The quantitative estimate of drug-likeness (QED) is 0.844. The van der Waals surface area contributed by atoms with Gasteiger partial charge in [-0.1, -0.05) is 23.2 Å². The van der Waals surface area contributed by atoms with Gasteiger partial charge in [0.15, 0.2) is 0 Å². The lowest BCUT2D eigenvalue weighted by molar-refractivity contribution is 0.0696. The number of hydrogen-bond donors (Lipinski definition) is 2. The molecule has 0 atom stereocenters. The molecule has 0 spiro atoms. The monoisotopic (exact) mass is 248 g/mol. The van der Waals surface area contributed by atoms with Crippen LogP contribution in [0.15, 0.2) is 6.07 Å². The van der Waals surface area contributed by atoms with Crippen LogP contribution in [0.5, 0.6) is 0 Å². The molecule has 0 unspecified atom stereocenters. The number of rotatable bonds is 2. The summed E-state index contributed by atoms with van der Waals surface area (Å²) in [4.78, 5) is 21.6. The molecule has 0 aliphatic carbocycles. The molecule has 0 fully saturated rings. The SMILES string of the molecule is Cc1c(C(=O)O)cc(Cl)c(Cl)c1C(=O)O. The van der Waals surface area contributed by atoms with Gasteiger partial charge in [0.05, 0.1) is 21.2 Å². The van der Waals surface area contributed by atoms with Gasteiger partial charge in [-0.2, -0.15) is 0 Å². The van der Waals surface area contributed by atoms with Gasteiger partial charge >= 0.3 is 11.9 Å². The maximum absolute atomic E-state index is 10.8. The van der Waals surface area contributed by atoms with E-state index >= 15 is 0 Å². The van der Waals surface area contributed by atoms with E-state index in [1.807, 2.05) is 0 Å². The number of carbonyl (C=O) groups is 2. The third kappa shape index (κ3) is 2.06. The largest absolute Gasteiger partial charge is 0.478 e. The molecule has 0 aliphatic rings. The summed E-state index contributed by atoms with van der Waals surface area (Å²) in [5.74, 6) is -2.55. The first-order valence-corrected chi connectivity index (χ1v) is 4.57. The summed E-state index contributed by atoms with van der Waals surface area (Å²) in [7, 11) is 0. The topological polar surface area (TPSA) is 74.6 Å². The van der Waals surface area contributed by atoms with Crippen molar-refractivity contribution >= 4 is 35.1 Å². The van der Waals surface area contributed by atoms with Gasteiger partial charge in [0.1, 0.15) is 0 Å². The van der Waals surface area contributed by atoms with E-state index in [1.165, 1.54) is 6.92 Å². The Labute approximate surface area is 95.0 Å². The van der Waals surface area contributed by atoms with Crippen LogP contribution in [-0.2, 0) is 0 Å². The molecule has 0 aliphatic heterocycles. The highest BCUT2D eigenvalue weighted by atomic mass is 35.5. The van der Waals surface area contributed by atoms with Crippen LogP contribution in [-0.4, -0.2) is 22.2 Å². The van der Waals surface area contributed by atoms with Crippen molar-refractivity contribution < 1.29 is 19.8 Å². The molecule has 15 heavy (non-hydrogen) atoms. The maximum Gasteiger partial charge on any atom is 0.337 e. The molecule has 80 valence electrons. The van der Waals surface area contributed by atoms with Crippen LogP contribution < -0.4 is 0 Å². The Bertz CT molecular complexity index is 454. The van der Waals surface area contributed by atoms with E-state index in [9.17, 15) is 9.59 Å². The fourth-order valence-electron chi connectivity index (χ4n) is 1.19. The Kier molecular flexibility index (Phi) is 3.21. The minimum Gasteiger partial charge on any atom is -0.478 e. The molecule has 1 aromatic carbocycles. The molecular formula is C9H6Cl2O4. The second kappa shape index (κ2) is 4.08. The molecule has 0 radical (unpaired) electrons. The minimum atomic E-state index is -1.30. The van der Waals surface area contributed by atoms with Crippen molar-refractivity contribution in [1.29, 1.82) is 0 Å². The van der Waals surface area contributed by atoms with Crippen LogP contribution in [0, 0.1) is 6.92 Å². The molecular weight excluding hydrogens is 243 g/mol. The summed E-state index contributed by atoms with van der Waals surface area (Å²) < 4.78 is 0. The molecule has 2 N–H and O–H groups in total. The van der Waals surface area contributed by atoms with Crippen molar-refractivity contribution in [2.24, 2.45) is 0 Å². The molecule has 1 rings (SSSR count). The maximum atomic E-state index is 10.8. The third-order valence-corrected chi connectivity index (χ3v) is 2.71. The summed E-state index contributed by atoms with van der Waals surface area (Å²) in [5.41, 5.74) is -0.354. The molecule has 0 amide bonds. The van der Waals surface area contributed by atoms with Crippen LogP contribution in [0.1, 0.15) is 26.3 Å². The minimum absolute atomic E-state index is 0.0860. The zero-order chi connectivity index (χ0) is 11.7. The fraction of sp³-hybridized carbons (Fsp3) is 0.111. The molecule has 0 aromatic heterocycles. The molecule has 0 saturated carbocycles. The Balaban J connectivity index is 3.63. The summed E-state index contributed by atoms with van der Waals surface area (Å²) in [6.07, 6.45) is 0. The van der Waals surface area contributed by atoms with E-state index < -0.39 is 11.9 Å². The number of carboxylic acid groups (broad SMARTS) is 2. The van der Waals surface area contributed by atoms with Crippen LogP contribution in [0.4, 0.5) is 0 Å². The first kappa shape index (κ1) is 11.8. The average molecular weight is 249 g/mol. The first-order valence-electron chi connectivity index (χ1n) is 3.81. The lowest BCUT2D eigenvalue weighted by Gasteiger charge is -2.08. The summed E-state index contributed by atoms with van der Waals surface area (Å²) in [6.45, 7) is 1.37. The Hall–Kier alpha value is -1.26. The average Bonchev–Trinajstić information content (AvgIpc) is 2.10. The van der Waals surface area contributed by atoms with Gasteiger partial charge in [-0.05, 0) is 18.6 Å². The van der Waals surface area contributed by atoms with Gasteiger partial charge in [-0.3, -0.25) is 0 Å². The zero-order valence-corrected chi connectivity index (χ0v) is 9.06. The molecule has 1 aromatic rings. The van der Waals surface area contributed by atoms with E-state index in [1.54, 1.807) is 0 Å². The molecule has 0 heterocycles. The second-order valence-electron chi connectivity index (χ2n) is 2.83. The highest BCUT2D eigenvalue weighted by molar-refractivity contribution is 6.44. The Morgan fingerprint density at radius 3 is 2.13 bits per heavy atom. The predicted molar refractivity (Wildman–Crippen MR) is 55.1 cm³/mol. The summed E-state index contributed by atoms with van der Waals surface area (Å²) >= 11 is 11.3. The van der Waals surface area contributed by atoms with Crippen LogP contribution in [0.3, 0.4) is 0 Å². The number of hydrogen-bond acceptors (Lipinski definition) is 2. The third-order valence-electron chi connectivity index (χ3n) is 1.92. The lowest BCUT2D eigenvalue weighted by Crippen LogP contribution is -2.08. The van der Waals surface area contributed by atoms with Crippen LogP contribution >= 0.6 is 23.2 Å². The fourth-order valence-corrected chi connectivity index (χ4v) is 1.67. The van der Waals surface area contributed by atoms with Crippen LogP contribution in [0.25, 0.3) is 0 Å². The van der Waals surface area contributed by atoms with E-state index in [2.05, 4.69) is 0 Å². The first-order chi connectivity index (χ1) is 6.86. The lowest BCUT2D eigenvalue weighted by atomic mass is 10.0. The van der Waals surface area contributed by atoms with E-state index in [-0.39, 0.29) is 26.7 Å².